The monoisotopic (exact) mass is 273 g/mol. The zero-order chi connectivity index (χ0) is 14.0. The average molecular weight is 273 g/mol. The molecule has 6 heteroatoms. The molecule has 2 aromatic rings. The smallest absolute Gasteiger partial charge is 0.292 e. The maximum atomic E-state index is 10.9. The van der Waals surface area contributed by atoms with Gasteiger partial charge in [-0.1, -0.05) is 12.1 Å². The van der Waals surface area contributed by atoms with Crippen molar-refractivity contribution in [2.45, 2.75) is 13.8 Å². The number of nitrogens with one attached hydrogen (secondary N) is 1. The zero-order valence-electron chi connectivity index (χ0n) is 10.4. The molecule has 19 heavy (non-hydrogen) atoms. The van der Waals surface area contributed by atoms with E-state index in [2.05, 4.69) is 11.4 Å². The van der Waals surface area contributed by atoms with Crippen molar-refractivity contribution >= 4 is 27.7 Å². The SMILES string of the molecule is Cc1sc(Nc2ccccc2[N+](=O)[O-])c(C#N)c1C. The molecule has 0 amide bonds. The first-order valence-electron chi connectivity index (χ1n) is 5.55. The summed E-state index contributed by atoms with van der Waals surface area (Å²) < 4.78 is 0. The molecule has 1 aromatic heterocycles. The minimum Gasteiger partial charge on any atom is -0.341 e. The first kappa shape index (κ1) is 13.1. The van der Waals surface area contributed by atoms with Gasteiger partial charge in [-0.3, -0.25) is 10.1 Å². The summed E-state index contributed by atoms with van der Waals surface area (Å²) in [6, 6.07) is 8.52. The molecule has 0 spiro atoms. The van der Waals surface area contributed by atoms with Crippen LogP contribution in [0.3, 0.4) is 0 Å². The van der Waals surface area contributed by atoms with E-state index in [9.17, 15) is 10.1 Å². The summed E-state index contributed by atoms with van der Waals surface area (Å²) >= 11 is 1.42. The number of nitro groups is 1. The van der Waals surface area contributed by atoms with Crippen LogP contribution in [0.15, 0.2) is 24.3 Å². The van der Waals surface area contributed by atoms with Crippen LogP contribution in [-0.4, -0.2) is 4.92 Å². The standard InChI is InChI=1S/C13H11N3O2S/c1-8-9(2)19-13(10(8)7-14)15-11-5-3-4-6-12(11)16(17)18/h3-6,15H,1-2H3. The fraction of sp³-hybridized carbons (Fsp3) is 0.154. The molecular weight excluding hydrogens is 262 g/mol. The molecule has 0 unspecified atom stereocenters. The van der Waals surface area contributed by atoms with Gasteiger partial charge in [0.15, 0.2) is 0 Å². The molecule has 0 saturated carbocycles. The van der Waals surface area contributed by atoms with Gasteiger partial charge < -0.3 is 5.32 Å². The molecular formula is C13H11N3O2S. The molecule has 1 heterocycles. The lowest BCUT2D eigenvalue weighted by Crippen LogP contribution is -1.96. The number of rotatable bonds is 3. The van der Waals surface area contributed by atoms with E-state index in [0.29, 0.717) is 16.3 Å². The van der Waals surface area contributed by atoms with Crippen LogP contribution in [0, 0.1) is 35.3 Å². The average Bonchev–Trinajstić information content (AvgIpc) is 2.65. The summed E-state index contributed by atoms with van der Waals surface area (Å²) in [7, 11) is 0. The van der Waals surface area contributed by atoms with Crippen molar-refractivity contribution in [3.05, 3.63) is 50.4 Å². The second-order valence-corrected chi connectivity index (χ2v) is 5.22. The number of thiophene rings is 1. The van der Waals surface area contributed by atoms with Gasteiger partial charge in [-0.2, -0.15) is 5.26 Å². The zero-order valence-corrected chi connectivity index (χ0v) is 11.2. The van der Waals surface area contributed by atoms with Crippen molar-refractivity contribution in [2.75, 3.05) is 5.32 Å². The third kappa shape index (κ3) is 2.41. The Morgan fingerprint density at radius 1 is 1.37 bits per heavy atom. The van der Waals surface area contributed by atoms with E-state index in [4.69, 9.17) is 5.26 Å². The Kier molecular flexibility index (Phi) is 3.49. The molecule has 0 fully saturated rings. The molecule has 5 nitrogen and oxygen atoms in total. The molecule has 0 saturated heterocycles. The Morgan fingerprint density at radius 2 is 2.05 bits per heavy atom. The summed E-state index contributed by atoms with van der Waals surface area (Å²) in [6.07, 6.45) is 0. The molecule has 2 rings (SSSR count). The van der Waals surface area contributed by atoms with Crippen LogP contribution in [0.25, 0.3) is 0 Å². The Labute approximate surface area is 114 Å². The summed E-state index contributed by atoms with van der Waals surface area (Å²) in [5.74, 6) is 0. The van der Waals surface area contributed by atoms with E-state index >= 15 is 0 Å². The highest BCUT2D eigenvalue weighted by Crippen LogP contribution is 2.36. The van der Waals surface area contributed by atoms with Crippen LogP contribution >= 0.6 is 11.3 Å². The first-order chi connectivity index (χ1) is 9.04. The van der Waals surface area contributed by atoms with Gasteiger partial charge in [-0.05, 0) is 25.5 Å². The Morgan fingerprint density at radius 3 is 2.68 bits per heavy atom. The van der Waals surface area contributed by atoms with Gasteiger partial charge in [-0.25, -0.2) is 0 Å². The van der Waals surface area contributed by atoms with Gasteiger partial charge in [0, 0.05) is 10.9 Å². The van der Waals surface area contributed by atoms with Crippen molar-refractivity contribution < 1.29 is 4.92 Å². The Bertz CT molecular complexity index is 686. The molecule has 0 aliphatic rings. The van der Waals surface area contributed by atoms with E-state index in [1.165, 1.54) is 17.4 Å². The Balaban J connectivity index is 2.46. The van der Waals surface area contributed by atoms with Crippen molar-refractivity contribution in [3.8, 4) is 6.07 Å². The van der Waals surface area contributed by atoms with Gasteiger partial charge in [-0.15, -0.1) is 11.3 Å². The number of aryl methyl sites for hydroxylation is 1. The van der Waals surface area contributed by atoms with Gasteiger partial charge in [0.2, 0.25) is 0 Å². The number of nitro benzene ring substituents is 1. The summed E-state index contributed by atoms with van der Waals surface area (Å²) in [5, 5.41) is 23.7. The third-order valence-corrected chi connectivity index (χ3v) is 3.97. The summed E-state index contributed by atoms with van der Waals surface area (Å²) in [6.45, 7) is 3.79. The van der Waals surface area contributed by atoms with Crippen molar-refractivity contribution in [1.82, 2.24) is 0 Å². The van der Waals surface area contributed by atoms with Gasteiger partial charge in [0.1, 0.15) is 16.8 Å². The topological polar surface area (TPSA) is 79.0 Å². The fourth-order valence-corrected chi connectivity index (χ4v) is 2.73. The first-order valence-corrected chi connectivity index (χ1v) is 6.36. The predicted molar refractivity (Wildman–Crippen MR) is 74.9 cm³/mol. The number of nitriles is 1. The minimum absolute atomic E-state index is 0.00454. The van der Waals surface area contributed by atoms with E-state index in [1.54, 1.807) is 18.2 Å². The molecule has 0 aliphatic carbocycles. The van der Waals surface area contributed by atoms with Crippen LogP contribution in [0.4, 0.5) is 16.4 Å². The lowest BCUT2D eigenvalue weighted by atomic mass is 10.2. The van der Waals surface area contributed by atoms with E-state index in [-0.39, 0.29) is 5.69 Å². The molecule has 0 radical (unpaired) electrons. The van der Waals surface area contributed by atoms with E-state index in [0.717, 1.165) is 10.4 Å². The summed E-state index contributed by atoms with van der Waals surface area (Å²) in [5.41, 5.74) is 1.84. The Hall–Kier alpha value is -2.39. The van der Waals surface area contributed by atoms with Crippen molar-refractivity contribution in [1.29, 1.82) is 5.26 Å². The van der Waals surface area contributed by atoms with E-state index in [1.807, 2.05) is 13.8 Å². The van der Waals surface area contributed by atoms with Gasteiger partial charge in [0.05, 0.1) is 10.5 Å². The molecule has 1 aromatic carbocycles. The predicted octanol–water partition coefficient (Wildman–Crippen LogP) is 3.89. The summed E-state index contributed by atoms with van der Waals surface area (Å²) in [4.78, 5) is 11.5. The molecule has 0 bridgehead atoms. The number of benzene rings is 1. The van der Waals surface area contributed by atoms with Crippen LogP contribution in [0.1, 0.15) is 16.0 Å². The van der Waals surface area contributed by atoms with Gasteiger partial charge >= 0.3 is 0 Å². The van der Waals surface area contributed by atoms with Crippen LogP contribution < -0.4 is 5.32 Å². The van der Waals surface area contributed by atoms with Gasteiger partial charge in [0.25, 0.3) is 5.69 Å². The number of para-hydroxylation sites is 2. The van der Waals surface area contributed by atoms with Crippen LogP contribution in [-0.2, 0) is 0 Å². The number of nitrogens with zero attached hydrogens (tertiary/aromatic N) is 2. The highest BCUT2D eigenvalue weighted by molar-refractivity contribution is 7.16. The van der Waals surface area contributed by atoms with Crippen molar-refractivity contribution in [2.24, 2.45) is 0 Å². The van der Waals surface area contributed by atoms with E-state index < -0.39 is 4.92 Å². The van der Waals surface area contributed by atoms with Crippen molar-refractivity contribution in [3.63, 3.8) is 0 Å². The second-order valence-electron chi connectivity index (χ2n) is 4.00. The number of hydrogen-bond acceptors (Lipinski definition) is 5. The quantitative estimate of drug-likeness (QED) is 0.679. The lowest BCUT2D eigenvalue weighted by Gasteiger charge is -2.05. The molecule has 0 atom stereocenters. The van der Waals surface area contributed by atoms with Crippen LogP contribution in [0.2, 0.25) is 0 Å². The molecule has 1 N–H and O–H groups in total. The highest BCUT2D eigenvalue weighted by atomic mass is 32.1. The minimum atomic E-state index is -0.443. The number of hydrogen-bond donors (Lipinski definition) is 1. The fourth-order valence-electron chi connectivity index (χ4n) is 1.71. The second kappa shape index (κ2) is 5.08. The maximum Gasteiger partial charge on any atom is 0.292 e. The van der Waals surface area contributed by atoms with Crippen LogP contribution in [0.5, 0.6) is 0 Å². The molecule has 0 aliphatic heterocycles. The maximum absolute atomic E-state index is 10.9. The third-order valence-electron chi connectivity index (χ3n) is 2.85. The molecule has 96 valence electrons. The largest absolute Gasteiger partial charge is 0.341 e. The number of anilines is 2. The highest BCUT2D eigenvalue weighted by Gasteiger charge is 2.17. The lowest BCUT2D eigenvalue weighted by molar-refractivity contribution is -0.383. The normalized spacial score (nSPS) is 9.95.